The monoisotopic (exact) mass is 240 g/mol. The molecule has 0 aliphatic heterocycles. The summed E-state index contributed by atoms with van der Waals surface area (Å²) in [5.74, 6) is 1.60. The molecule has 0 radical (unpaired) electrons. The van der Waals surface area contributed by atoms with Gasteiger partial charge in [-0.15, -0.1) is 0 Å². The summed E-state index contributed by atoms with van der Waals surface area (Å²) >= 11 is 0. The van der Waals surface area contributed by atoms with E-state index in [9.17, 15) is 4.79 Å². The SMILES string of the molecule is CCC(CC)C/C=C(\OC(=O)C(C)C)C(C)C. The van der Waals surface area contributed by atoms with Crippen LogP contribution in [0.15, 0.2) is 11.8 Å². The summed E-state index contributed by atoms with van der Waals surface area (Å²) in [6, 6.07) is 0. The summed E-state index contributed by atoms with van der Waals surface area (Å²) in [5, 5.41) is 0. The van der Waals surface area contributed by atoms with E-state index >= 15 is 0 Å². The van der Waals surface area contributed by atoms with Crippen LogP contribution < -0.4 is 0 Å². The molecule has 0 rings (SSSR count). The maximum Gasteiger partial charge on any atom is 0.313 e. The highest BCUT2D eigenvalue weighted by Crippen LogP contribution is 2.19. The molecule has 2 nitrogen and oxygen atoms in total. The maximum absolute atomic E-state index is 11.6. The Morgan fingerprint density at radius 2 is 1.59 bits per heavy atom. The smallest absolute Gasteiger partial charge is 0.313 e. The van der Waals surface area contributed by atoms with E-state index < -0.39 is 0 Å². The van der Waals surface area contributed by atoms with Crippen LogP contribution in [0.2, 0.25) is 0 Å². The van der Waals surface area contributed by atoms with E-state index in [4.69, 9.17) is 4.74 Å². The predicted molar refractivity (Wildman–Crippen MR) is 72.5 cm³/mol. The average molecular weight is 240 g/mol. The number of rotatable bonds is 7. The number of esters is 1. The van der Waals surface area contributed by atoms with Gasteiger partial charge in [-0.05, 0) is 18.4 Å². The molecule has 0 aromatic rings. The Morgan fingerprint density at radius 1 is 1.06 bits per heavy atom. The lowest BCUT2D eigenvalue weighted by Gasteiger charge is -2.15. The number of hydrogen-bond acceptors (Lipinski definition) is 2. The molecule has 0 unspecified atom stereocenters. The van der Waals surface area contributed by atoms with Crippen molar-refractivity contribution in [3.8, 4) is 0 Å². The number of ether oxygens (including phenoxy) is 1. The first-order chi connectivity index (χ1) is 7.92. The van der Waals surface area contributed by atoms with E-state index in [1.54, 1.807) is 0 Å². The second-order valence-corrected chi connectivity index (χ2v) is 5.26. The Balaban J connectivity index is 4.51. The zero-order chi connectivity index (χ0) is 13.4. The minimum Gasteiger partial charge on any atom is -0.431 e. The molecule has 17 heavy (non-hydrogen) atoms. The first-order valence-electron chi connectivity index (χ1n) is 6.84. The Kier molecular flexibility index (Phi) is 7.94. The zero-order valence-electron chi connectivity index (χ0n) is 12.2. The third-order valence-corrected chi connectivity index (χ3v) is 3.07. The lowest BCUT2D eigenvalue weighted by atomic mass is 9.98. The van der Waals surface area contributed by atoms with Gasteiger partial charge in [0.15, 0.2) is 0 Å². The van der Waals surface area contributed by atoms with Gasteiger partial charge in [-0.1, -0.05) is 54.4 Å². The van der Waals surface area contributed by atoms with Gasteiger partial charge in [0.05, 0.1) is 5.92 Å². The standard InChI is InChI=1S/C15H28O2/c1-7-13(8-2)9-10-14(11(3)4)17-15(16)12(5)6/h10-13H,7-9H2,1-6H3/b14-10-. The van der Waals surface area contributed by atoms with E-state index in [2.05, 4.69) is 33.8 Å². The highest BCUT2D eigenvalue weighted by atomic mass is 16.5. The van der Waals surface area contributed by atoms with Crippen LogP contribution in [0, 0.1) is 17.8 Å². The topological polar surface area (TPSA) is 26.3 Å². The number of hydrogen-bond donors (Lipinski definition) is 0. The quantitative estimate of drug-likeness (QED) is 0.482. The molecule has 0 spiro atoms. The minimum atomic E-state index is -0.130. The largest absolute Gasteiger partial charge is 0.431 e. The van der Waals surface area contributed by atoms with Crippen molar-refractivity contribution in [2.24, 2.45) is 17.8 Å². The van der Waals surface area contributed by atoms with Crippen LogP contribution in [-0.4, -0.2) is 5.97 Å². The Hall–Kier alpha value is -0.790. The second-order valence-electron chi connectivity index (χ2n) is 5.26. The fourth-order valence-electron chi connectivity index (χ4n) is 1.53. The van der Waals surface area contributed by atoms with Gasteiger partial charge >= 0.3 is 5.97 Å². The first kappa shape index (κ1) is 16.2. The van der Waals surface area contributed by atoms with Crippen molar-refractivity contribution in [2.45, 2.75) is 60.8 Å². The van der Waals surface area contributed by atoms with Crippen molar-refractivity contribution in [3.63, 3.8) is 0 Å². The van der Waals surface area contributed by atoms with Crippen molar-refractivity contribution in [3.05, 3.63) is 11.8 Å². The molecule has 0 saturated heterocycles. The van der Waals surface area contributed by atoms with Gasteiger partial charge in [-0.25, -0.2) is 0 Å². The van der Waals surface area contributed by atoms with Crippen molar-refractivity contribution in [1.82, 2.24) is 0 Å². The summed E-state index contributed by atoms with van der Waals surface area (Å²) in [5.41, 5.74) is 0. The highest BCUT2D eigenvalue weighted by Gasteiger charge is 2.14. The molecule has 0 fully saturated rings. The third-order valence-electron chi connectivity index (χ3n) is 3.07. The fourth-order valence-corrected chi connectivity index (χ4v) is 1.53. The van der Waals surface area contributed by atoms with Crippen LogP contribution >= 0.6 is 0 Å². The summed E-state index contributed by atoms with van der Waals surface area (Å²) in [4.78, 5) is 11.6. The van der Waals surface area contributed by atoms with E-state index in [0.717, 1.165) is 12.2 Å². The normalized spacial score (nSPS) is 12.6. The zero-order valence-corrected chi connectivity index (χ0v) is 12.2. The molecule has 2 heteroatoms. The van der Waals surface area contributed by atoms with Crippen LogP contribution in [-0.2, 0) is 9.53 Å². The minimum absolute atomic E-state index is 0.0645. The predicted octanol–water partition coefficient (Wildman–Crippen LogP) is 4.55. The lowest BCUT2D eigenvalue weighted by Crippen LogP contribution is -2.14. The third kappa shape index (κ3) is 6.50. The molecule has 0 aromatic heterocycles. The fraction of sp³-hybridized carbons (Fsp3) is 0.800. The lowest BCUT2D eigenvalue weighted by molar-refractivity contribution is -0.143. The van der Waals surface area contributed by atoms with Gasteiger partial charge in [0.2, 0.25) is 0 Å². The highest BCUT2D eigenvalue weighted by molar-refractivity contribution is 5.72. The molecule has 0 N–H and O–H groups in total. The van der Waals surface area contributed by atoms with Gasteiger partial charge in [-0.3, -0.25) is 4.79 Å². The summed E-state index contributed by atoms with van der Waals surface area (Å²) in [6.07, 6.45) is 5.46. The molecule has 0 aliphatic rings. The average Bonchev–Trinajstić information content (AvgIpc) is 2.27. The summed E-state index contributed by atoms with van der Waals surface area (Å²) in [7, 11) is 0. The number of allylic oxidation sites excluding steroid dienone is 2. The second kappa shape index (κ2) is 8.32. The van der Waals surface area contributed by atoms with E-state index in [-0.39, 0.29) is 17.8 Å². The van der Waals surface area contributed by atoms with Crippen molar-refractivity contribution in [2.75, 3.05) is 0 Å². The van der Waals surface area contributed by atoms with E-state index in [0.29, 0.717) is 5.92 Å². The summed E-state index contributed by atoms with van der Waals surface area (Å²) < 4.78 is 5.43. The molecule has 0 aliphatic carbocycles. The van der Waals surface area contributed by atoms with Gasteiger partial charge < -0.3 is 4.74 Å². The van der Waals surface area contributed by atoms with Crippen molar-refractivity contribution in [1.29, 1.82) is 0 Å². The molecule has 0 amide bonds. The molecule has 0 atom stereocenters. The molecule has 0 bridgehead atoms. The summed E-state index contributed by atoms with van der Waals surface area (Å²) in [6.45, 7) is 12.3. The molecule has 100 valence electrons. The molecule has 0 saturated carbocycles. The van der Waals surface area contributed by atoms with Crippen LogP contribution in [0.5, 0.6) is 0 Å². The molecular formula is C15H28O2. The van der Waals surface area contributed by atoms with Crippen LogP contribution in [0.4, 0.5) is 0 Å². The number of carbonyl (C=O) groups is 1. The van der Waals surface area contributed by atoms with Crippen LogP contribution in [0.25, 0.3) is 0 Å². The molecule has 0 aromatic carbocycles. The van der Waals surface area contributed by atoms with Gasteiger partial charge in [0, 0.05) is 5.92 Å². The van der Waals surface area contributed by atoms with Crippen molar-refractivity contribution >= 4 is 5.97 Å². The van der Waals surface area contributed by atoms with Crippen LogP contribution in [0.1, 0.15) is 60.8 Å². The molecular weight excluding hydrogens is 212 g/mol. The van der Waals surface area contributed by atoms with Crippen LogP contribution in [0.3, 0.4) is 0 Å². The van der Waals surface area contributed by atoms with Gasteiger partial charge in [-0.2, -0.15) is 0 Å². The van der Waals surface area contributed by atoms with Gasteiger partial charge in [0.25, 0.3) is 0 Å². The maximum atomic E-state index is 11.6. The first-order valence-corrected chi connectivity index (χ1v) is 6.84. The Bertz CT molecular complexity index is 248. The van der Waals surface area contributed by atoms with E-state index in [1.165, 1.54) is 12.8 Å². The van der Waals surface area contributed by atoms with Crippen molar-refractivity contribution < 1.29 is 9.53 Å². The Morgan fingerprint density at radius 3 is 1.94 bits per heavy atom. The number of carbonyl (C=O) groups excluding carboxylic acids is 1. The molecule has 0 heterocycles. The van der Waals surface area contributed by atoms with Gasteiger partial charge in [0.1, 0.15) is 5.76 Å². The Labute approximate surface area is 106 Å². The van der Waals surface area contributed by atoms with E-state index in [1.807, 2.05) is 13.8 Å².